The van der Waals surface area contributed by atoms with E-state index in [2.05, 4.69) is 20.2 Å². The van der Waals surface area contributed by atoms with Crippen molar-refractivity contribution in [3.05, 3.63) is 54.9 Å². The molecule has 2 aromatic heterocycles. The Balaban J connectivity index is 1.42. The van der Waals surface area contributed by atoms with Gasteiger partial charge in [-0.15, -0.1) is 0 Å². The fourth-order valence-corrected chi connectivity index (χ4v) is 2.63. The van der Waals surface area contributed by atoms with Gasteiger partial charge in [0, 0.05) is 36.6 Å². The summed E-state index contributed by atoms with van der Waals surface area (Å²) in [5.41, 5.74) is 1.71. The molecule has 0 saturated heterocycles. The van der Waals surface area contributed by atoms with Gasteiger partial charge in [0.15, 0.2) is 0 Å². The van der Waals surface area contributed by atoms with Crippen LogP contribution in [0.5, 0.6) is 5.75 Å². The molecule has 3 aromatic rings. The molecule has 25 heavy (non-hydrogen) atoms. The van der Waals surface area contributed by atoms with Gasteiger partial charge < -0.3 is 19.9 Å². The second-order valence-electron chi connectivity index (χ2n) is 5.62. The monoisotopic (exact) mass is 338 g/mol. The van der Waals surface area contributed by atoms with E-state index in [1.54, 1.807) is 6.20 Å². The van der Waals surface area contributed by atoms with Gasteiger partial charge in [0.2, 0.25) is 0 Å². The molecular weight excluding hydrogens is 316 g/mol. The molecule has 0 aliphatic rings. The first-order valence-electron chi connectivity index (χ1n) is 8.44. The van der Waals surface area contributed by atoms with Gasteiger partial charge in [0.05, 0.1) is 6.61 Å². The highest BCUT2D eigenvalue weighted by atomic mass is 16.5. The number of aryl methyl sites for hydroxylation is 1. The first kappa shape index (κ1) is 16.8. The summed E-state index contributed by atoms with van der Waals surface area (Å²) < 4.78 is 7.47. The first-order chi connectivity index (χ1) is 12.3. The third-order valence-corrected chi connectivity index (χ3v) is 3.81. The Labute approximate surface area is 146 Å². The Kier molecular flexibility index (Phi) is 5.51. The number of nitrogens with zero attached hydrogens (tertiary/aromatic N) is 2. The van der Waals surface area contributed by atoms with Crippen LogP contribution in [0, 0.1) is 0 Å². The van der Waals surface area contributed by atoms with Crippen LogP contribution >= 0.6 is 0 Å². The van der Waals surface area contributed by atoms with Crippen LogP contribution in [-0.2, 0) is 6.54 Å². The highest BCUT2D eigenvalue weighted by Gasteiger charge is 2.03. The lowest BCUT2D eigenvalue weighted by atomic mass is 10.3. The molecule has 2 heterocycles. The lowest BCUT2D eigenvalue weighted by molar-refractivity contribution is 0.252. The minimum absolute atomic E-state index is 0.209. The molecular formula is C19H22N4O2. The molecule has 0 fully saturated rings. The SMILES string of the molecule is CCOc1ccc(NC(=O)NCCCn2ccc3cccnc32)cc1. The fraction of sp³-hybridized carbons (Fsp3) is 0.263. The Morgan fingerprint density at radius 2 is 2.04 bits per heavy atom. The van der Waals surface area contributed by atoms with Gasteiger partial charge in [-0.1, -0.05) is 0 Å². The summed E-state index contributed by atoms with van der Waals surface area (Å²) in [5, 5.41) is 6.80. The standard InChI is InChI=1S/C19H22N4O2/c1-2-25-17-8-6-16(7-9-17)22-19(24)21-12-4-13-23-14-10-15-5-3-11-20-18(15)23/h3,5-11,14H,2,4,12-13H2,1H3,(H2,21,22,24). The molecule has 0 unspecified atom stereocenters. The van der Waals surface area contributed by atoms with Crippen LogP contribution in [-0.4, -0.2) is 28.7 Å². The number of rotatable bonds is 7. The minimum Gasteiger partial charge on any atom is -0.494 e. The van der Waals surface area contributed by atoms with Crippen molar-refractivity contribution in [1.82, 2.24) is 14.9 Å². The number of nitrogens with one attached hydrogen (secondary N) is 2. The molecule has 6 heteroatoms. The molecule has 130 valence electrons. The van der Waals surface area contributed by atoms with Gasteiger partial charge in [-0.2, -0.15) is 0 Å². The molecule has 2 N–H and O–H groups in total. The summed E-state index contributed by atoms with van der Waals surface area (Å²) in [6, 6.07) is 13.1. The zero-order chi connectivity index (χ0) is 17.5. The van der Waals surface area contributed by atoms with E-state index in [-0.39, 0.29) is 6.03 Å². The van der Waals surface area contributed by atoms with Gasteiger partial charge in [-0.25, -0.2) is 9.78 Å². The van der Waals surface area contributed by atoms with Crippen LogP contribution in [0.3, 0.4) is 0 Å². The van der Waals surface area contributed by atoms with Crippen molar-refractivity contribution < 1.29 is 9.53 Å². The molecule has 2 amide bonds. The average Bonchev–Trinajstić information content (AvgIpc) is 3.04. The molecule has 0 bridgehead atoms. The smallest absolute Gasteiger partial charge is 0.319 e. The largest absolute Gasteiger partial charge is 0.494 e. The Bertz CT molecular complexity index is 827. The highest BCUT2D eigenvalue weighted by Crippen LogP contribution is 2.15. The van der Waals surface area contributed by atoms with Crippen LogP contribution in [0.2, 0.25) is 0 Å². The molecule has 3 rings (SSSR count). The Hall–Kier alpha value is -3.02. The molecule has 0 aliphatic heterocycles. The number of hydrogen-bond donors (Lipinski definition) is 2. The first-order valence-corrected chi connectivity index (χ1v) is 8.44. The molecule has 0 saturated carbocycles. The topological polar surface area (TPSA) is 68.2 Å². The van der Waals surface area contributed by atoms with Gasteiger partial charge in [0.25, 0.3) is 0 Å². The summed E-state index contributed by atoms with van der Waals surface area (Å²) in [4.78, 5) is 16.3. The van der Waals surface area contributed by atoms with E-state index in [1.807, 2.05) is 55.6 Å². The maximum absolute atomic E-state index is 11.9. The fourth-order valence-electron chi connectivity index (χ4n) is 2.63. The van der Waals surface area contributed by atoms with Crippen molar-refractivity contribution in [3.8, 4) is 5.75 Å². The number of hydrogen-bond acceptors (Lipinski definition) is 3. The van der Waals surface area contributed by atoms with Gasteiger partial charge in [0.1, 0.15) is 11.4 Å². The number of carbonyl (C=O) groups is 1. The zero-order valence-corrected chi connectivity index (χ0v) is 14.2. The van der Waals surface area contributed by atoms with Crippen molar-refractivity contribution in [3.63, 3.8) is 0 Å². The predicted molar refractivity (Wildman–Crippen MR) is 99.0 cm³/mol. The van der Waals surface area contributed by atoms with Gasteiger partial charge >= 0.3 is 6.03 Å². The Morgan fingerprint density at radius 1 is 1.20 bits per heavy atom. The van der Waals surface area contributed by atoms with E-state index < -0.39 is 0 Å². The number of ether oxygens (including phenoxy) is 1. The third-order valence-electron chi connectivity index (χ3n) is 3.81. The number of anilines is 1. The Morgan fingerprint density at radius 3 is 2.84 bits per heavy atom. The second-order valence-corrected chi connectivity index (χ2v) is 5.62. The minimum atomic E-state index is -0.209. The summed E-state index contributed by atoms with van der Waals surface area (Å²) in [5.74, 6) is 0.793. The maximum Gasteiger partial charge on any atom is 0.319 e. The molecule has 0 radical (unpaired) electrons. The van der Waals surface area contributed by atoms with E-state index in [1.165, 1.54) is 0 Å². The number of benzene rings is 1. The van der Waals surface area contributed by atoms with Crippen molar-refractivity contribution in [1.29, 1.82) is 0 Å². The second kappa shape index (κ2) is 8.19. The van der Waals surface area contributed by atoms with Crippen LogP contribution < -0.4 is 15.4 Å². The predicted octanol–water partition coefficient (Wildman–Crippen LogP) is 3.65. The van der Waals surface area contributed by atoms with E-state index in [0.717, 1.165) is 35.4 Å². The summed E-state index contributed by atoms with van der Waals surface area (Å²) >= 11 is 0. The molecule has 0 atom stereocenters. The molecule has 1 aromatic carbocycles. The number of carbonyl (C=O) groups excluding carboxylic acids is 1. The lowest BCUT2D eigenvalue weighted by Crippen LogP contribution is -2.30. The normalized spacial score (nSPS) is 10.6. The summed E-state index contributed by atoms with van der Waals surface area (Å²) in [6.07, 6.45) is 4.65. The summed E-state index contributed by atoms with van der Waals surface area (Å²) in [6.45, 7) is 3.96. The molecule has 0 aliphatic carbocycles. The van der Waals surface area contributed by atoms with Crippen LogP contribution in [0.1, 0.15) is 13.3 Å². The lowest BCUT2D eigenvalue weighted by Gasteiger charge is -2.09. The van der Waals surface area contributed by atoms with E-state index in [9.17, 15) is 4.79 Å². The quantitative estimate of drug-likeness (QED) is 0.646. The summed E-state index contributed by atoms with van der Waals surface area (Å²) in [7, 11) is 0. The van der Waals surface area contributed by atoms with E-state index in [4.69, 9.17) is 4.74 Å². The van der Waals surface area contributed by atoms with Crippen LogP contribution in [0.4, 0.5) is 10.5 Å². The highest BCUT2D eigenvalue weighted by molar-refractivity contribution is 5.89. The maximum atomic E-state index is 11.9. The number of aromatic nitrogens is 2. The average molecular weight is 338 g/mol. The van der Waals surface area contributed by atoms with Crippen LogP contribution in [0.15, 0.2) is 54.9 Å². The van der Waals surface area contributed by atoms with Crippen molar-refractivity contribution in [2.45, 2.75) is 19.9 Å². The van der Waals surface area contributed by atoms with Gasteiger partial charge in [-0.3, -0.25) is 0 Å². The number of urea groups is 1. The van der Waals surface area contributed by atoms with Crippen molar-refractivity contribution in [2.24, 2.45) is 0 Å². The third kappa shape index (κ3) is 4.50. The molecule has 0 spiro atoms. The van der Waals surface area contributed by atoms with E-state index >= 15 is 0 Å². The van der Waals surface area contributed by atoms with Crippen molar-refractivity contribution in [2.75, 3.05) is 18.5 Å². The van der Waals surface area contributed by atoms with Crippen molar-refractivity contribution >= 4 is 22.8 Å². The van der Waals surface area contributed by atoms with E-state index in [0.29, 0.717) is 13.2 Å². The number of pyridine rings is 1. The number of amides is 2. The van der Waals surface area contributed by atoms with Crippen LogP contribution in [0.25, 0.3) is 11.0 Å². The number of fused-ring (bicyclic) bond motifs is 1. The van der Waals surface area contributed by atoms with Gasteiger partial charge in [-0.05, 0) is 55.8 Å². The molecule has 6 nitrogen and oxygen atoms in total. The zero-order valence-electron chi connectivity index (χ0n) is 14.2.